The fraction of sp³-hybridized carbons (Fsp3) is 0.700. The lowest BCUT2D eigenvalue weighted by Gasteiger charge is -2.41. The highest BCUT2D eigenvalue weighted by Crippen LogP contribution is 2.31. The molecule has 2 aliphatic heterocycles. The van der Waals surface area contributed by atoms with Gasteiger partial charge < -0.3 is 29.9 Å². The fourth-order valence-corrected chi connectivity index (χ4v) is 4.10. The second-order valence-corrected chi connectivity index (χ2v) is 7.63. The maximum absolute atomic E-state index is 10.7. The first-order chi connectivity index (χ1) is 13.0. The molecule has 2 heterocycles. The van der Waals surface area contributed by atoms with Gasteiger partial charge in [0.1, 0.15) is 18.0 Å². The highest BCUT2D eigenvalue weighted by Gasteiger charge is 2.46. The zero-order chi connectivity index (χ0) is 19.4. The average Bonchev–Trinajstić information content (AvgIpc) is 3.02. The number of ether oxygens (including phenoxy) is 2. The minimum absolute atomic E-state index is 0. The molecule has 1 aromatic rings. The van der Waals surface area contributed by atoms with Gasteiger partial charge in [0, 0.05) is 38.8 Å². The lowest BCUT2D eigenvalue weighted by Crippen LogP contribution is -2.57. The molecule has 1 aromatic carbocycles. The number of piperazine rings is 1. The first-order valence-electron chi connectivity index (χ1n) is 9.85. The number of para-hydroxylation sites is 2. The Bertz CT molecular complexity index is 606. The SMILES string of the molecule is COc1ccccc1N1CCN([C@@H]2[C@H](O)[C@H](CO)O[C@@H]2CNC(C)C)CC1.Cl.Cl.Cl. The second kappa shape index (κ2) is 13.8. The molecule has 2 aliphatic rings. The molecule has 4 atom stereocenters. The molecule has 10 heteroatoms. The number of hydrogen-bond acceptors (Lipinski definition) is 7. The van der Waals surface area contributed by atoms with Crippen molar-refractivity contribution in [2.75, 3.05) is 51.3 Å². The van der Waals surface area contributed by atoms with E-state index in [9.17, 15) is 10.2 Å². The molecular formula is C20H36Cl3N3O4. The Morgan fingerprint density at radius 1 is 1.10 bits per heavy atom. The van der Waals surface area contributed by atoms with Crippen LogP contribution in [0, 0.1) is 0 Å². The number of hydrogen-bond donors (Lipinski definition) is 3. The first-order valence-corrected chi connectivity index (χ1v) is 9.85. The van der Waals surface area contributed by atoms with E-state index in [-0.39, 0.29) is 56.0 Å². The average molecular weight is 489 g/mol. The number of nitrogens with zero attached hydrogens (tertiary/aromatic N) is 2. The summed E-state index contributed by atoms with van der Waals surface area (Å²) < 4.78 is 11.4. The summed E-state index contributed by atoms with van der Waals surface area (Å²) in [4.78, 5) is 4.63. The van der Waals surface area contributed by atoms with Gasteiger partial charge in [-0.2, -0.15) is 0 Å². The topological polar surface area (TPSA) is 77.4 Å². The van der Waals surface area contributed by atoms with Gasteiger partial charge in [-0.1, -0.05) is 26.0 Å². The van der Waals surface area contributed by atoms with E-state index < -0.39 is 12.2 Å². The maximum atomic E-state index is 10.7. The third-order valence-corrected chi connectivity index (χ3v) is 5.53. The molecule has 0 spiro atoms. The van der Waals surface area contributed by atoms with Gasteiger partial charge in [0.25, 0.3) is 0 Å². The molecule has 0 aliphatic carbocycles. The van der Waals surface area contributed by atoms with E-state index in [4.69, 9.17) is 9.47 Å². The normalized spacial score (nSPS) is 26.5. The zero-order valence-corrected chi connectivity index (χ0v) is 20.2. The van der Waals surface area contributed by atoms with Crippen LogP contribution in [-0.2, 0) is 4.74 Å². The Labute approximate surface area is 198 Å². The van der Waals surface area contributed by atoms with Crippen LogP contribution in [0.1, 0.15) is 13.8 Å². The molecule has 2 saturated heterocycles. The number of aliphatic hydroxyl groups is 2. The van der Waals surface area contributed by atoms with Crippen molar-refractivity contribution >= 4 is 42.9 Å². The van der Waals surface area contributed by atoms with E-state index in [1.807, 2.05) is 18.2 Å². The minimum Gasteiger partial charge on any atom is -0.495 e. The van der Waals surface area contributed by atoms with E-state index in [0.717, 1.165) is 37.6 Å². The number of nitrogens with one attached hydrogen (secondary N) is 1. The Morgan fingerprint density at radius 3 is 2.30 bits per heavy atom. The molecule has 0 unspecified atom stereocenters. The number of halogens is 3. The van der Waals surface area contributed by atoms with Gasteiger partial charge in [-0.15, -0.1) is 37.2 Å². The summed E-state index contributed by atoms with van der Waals surface area (Å²) in [6.07, 6.45) is -1.31. The van der Waals surface area contributed by atoms with Crippen LogP contribution in [0.15, 0.2) is 24.3 Å². The predicted molar refractivity (Wildman–Crippen MR) is 127 cm³/mol. The molecule has 0 bridgehead atoms. The number of aliphatic hydroxyl groups excluding tert-OH is 2. The Balaban J connectivity index is 0.00000280. The van der Waals surface area contributed by atoms with Gasteiger partial charge in [-0.3, -0.25) is 4.90 Å². The molecular weight excluding hydrogens is 453 g/mol. The van der Waals surface area contributed by atoms with E-state index in [1.54, 1.807) is 7.11 Å². The van der Waals surface area contributed by atoms with Crippen molar-refractivity contribution < 1.29 is 19.7 Å². The zero-order valence-electron chi connectivity index (χ0n) is 17.8. The first kappa shape index (κ1) is 29.5. The Hall–Kier alpha value is -0.510. The molecule has 0 aromatic heterocycles. The summed E-state index contributed by atoms with van der Waals surface area (Å²) >= 11 is 0. The Morgan fingerprint density at radius 2 is 1.73 bits per heavy atom. The third-order valence-electron chi connectivity index (χ3n) is 5.53. The maximum Gasteiger partial charge on any atom is 0.142 e. The smallest absolute Gasteiger partial charge is 0.142 e. The van der Waals surface area contributed by atoms with Crippen molar-refractivity contribution in [2.45, 2.75) is 44.2 Å². The summed E-state index contributed by atoms with van der Waals surface area (Å²) in [7, 11) is 1.70. The number of benzene rings is 1. The number of methoxy groups -OCH3 is 1. The highest BCUT2D eigenvalue weighted by atomic mass is 35.5. The summed E-state index contributed by atoms with van der Waals surface area (Å²) in [6.45, 7) is 8.08. The van der Waals surface area contributed by atoms with Crippen molar-refractivity contribution in [3.63, 3.8) is 0 Å². The predicted octanol–water partition coefficient (Wildman–Crippen LogP) is 1.57. The summed E-state index contributed by atoms with van der Waals surface area (Å²) in [5, 5.41) is 23.7. The molecule has 2 fully saturated rings. The fourth-order valence-electron chi connectivity index (χ4n) is 4.10. The van der Waals surface area contributed by atoms with Gasteiger partial charge in [0.2, 0.25) is 0 Å². The molecule has 3 N–H and O–H groups in total. The third kappa shape index (κ3) is 6.74. The molecule has 30 heavy (non-hydrogen) atoms. The van der Waals surface area contributed by atoms with Crippen molar-refractivity contribution in [2.24, 2.45) is 0 Å². The summed E-state index contributed by atoms with van der Waals surface area (Å²) in [5.41, 5.74) is 1.11. The van der Waals surface area contributed by atoms with Crippen LogP contribution in [0.3, 0.4) is 0 Å². The molecule has 3 rings (SSSR count). The Kier molecular flexibility index (Phi) is 13.6. The highest BCUT2D eigenvalue weighted by molar-refractivity contribution is 5.86. The largest absolute Gasteiger partial charge is 0.495 e. The van der Waals surface area contributed by atoms with Crippen molar-refractivity contribution in [3.05, 3.63) is 24.3 Å². The van der Waals surface area contributed by atoms with E-state index in [0.29, 0.717) is 12.6 Å². The van der Waals surface area contributed by atoms with Crippen LogP contribution in [0.2, 0.25) is 0 Å². The molecule has 0 saturated carbocycles. The van der Waals surface area contributed by atoms with Crippen LogP contribution in [0.5, 0.6) is 5.75 Å². The van der Waals surface area contributed by atoms with Crippen LogP contribution < -0.4 is 15.0 Å². The lowest BCUT2D eigenvalue weighted by molar-refractivity contribution is -0.0216. The summed E-state index contributed by atoms with van der Waals surface area (Å²) in [6, 6.07) is 8.31. The number of anilines is 1. The summed E-state index contributed by atoms with van der Waals surface area (Å²) in [5.74, 6) is 0.884. The van der Waals surface area contributed by atoms with Crippen LogP contribution in [0.25, 0.3) is 0 Å². The molecule has 176 valence electrons. The number of rotatable bonds is 7. The molecule has 0 radical (unpaired) electrons. The van der Waals surface area contributed by atoms with Crippen molar-refractivity contribution in [1.29, 1.82) is 0 Å². The van der Waals surface area contributed by atoms with Crippen molar-refractivity contribution in [1.82, 2.24) is 10.2 Å². The van der Waals surface area contributed by atoms with Gasteiger partial charge >= 0.3 is 0 Å². The molecule has 7 nitrogen and oxygen atoms in total. The van der Waals surface area contributed by atoms with Crippen LogP contribution in [0.4, 0.5) is 5.69 Å². The van der Waals surface area contributed by atoms with E-state index in [2.05, 4.69) is 35.0 Å². The van der Waals surface area contributed by atoms with Crippen LogP contribution in [-0.4, -0.2) is 91.9 Å². The van der Waals surface area contributed by atoms with Crippen molar-refractivity contribution in [3.8, 4) is 5.75 Å². The van der Waals surface area contributed by atoms with E-state index >= 15 is 0 Å². The molecule has 0 amide bonds. The van der Waals surface area contributed by atoms with Gasteiger partial charge in [-0.05, 0) is 12.1 Å². The van der Waals surface area contributed by atoms with E-state index in [1.165, 1.54) is 0 Å². The van der Waals surface area contributed by atoms with Gasteiger partial charge in [-0.25, -0.2) is 0 Å². The second-order valence-electron chi connectivity index (χ2n) is 7.63. The monoisotopic (exact) mass is 487 g/mol. The minimum atomic E-state index is -0.674. The van der Waals surface area contributed by atoms with Gasteiger partial charge in [0.15, 0.2) is 0 Å². The van der Waals surface area contributed by atoms with Gasteiger partial charge in [0.05, 0.1) is 31.5 Å². The van der Waals surface area contributed by atoms with Crippen LogP contribution >= 0.6 is 37.2 Å². The quantitative estimate of drug-likeness (QED) is 0.538. The standard InChI is InChI=1S/C20H33N3O4.3ClH/c1-14(2)21-12-17-19(20(25)18(13-24)27-17)23-10-8-22(9-11-23)15-6-4-5-7-16(15)26-3;;;/h4-7,14,17-21,24-25H,8-13H2,1-3H3;3*1H/t17-,18+,19+,20-;;;/m1.../s1. The lowest BCUT2D eigenvalue weighted by atomic mass is 10.0.